The molecule has 0 radical (unpaired) electrons. The van der Waals surface area contributed by atoms with E-state index < -0.39 is 11.5 Å². The van der Waals surface area contributed by atoms with E-state index in [1.807, 2.05) is 35.6 Å². The molecule has 0 spiro atoms. The van der Waals surface area contributed by atoms with E-state index in [1.165, 1.54) is 77.0 Å². The fraction of sp³-hybridized carbons (Fsp3) is 0.750. The smallest absolute Gasteiger partial charge is 0.141 e. The van der Waals surface area contributed by atoms with Gasteiger partial charge in [0.1, 0.15) is 17.2 Å². The lowest BCUT2D eigenvalue weighted by molar-refractivity contribution is -0.651. The summed E-state index contributed by atoms with van der Waals surface area (Å²) in [6.07, 6.45) is 21.1. The van der Waals surface area contributed by atoms with Crippen molar-refractivity contribution in [1.82, 2.24) is 0 Å². The summed E-state index contributed by atoms with van der Waals surface area (Å²) in [5.74, 6) is -0.887. The van der Waals surface area contributed by atoms with Gasteiger partial charge in [0.15, 0.2) is 0 Å². The third kappa shape index (κ3) is 12.9. The summed E-state index contributed by atoms with van der Waals surface area (Å²) in [4.78, 5) is 12.4. The van der Waals surface area contributed by atoms with Crippen molar-refractivity contribution >= 4 is 11.7 Å². The number of aliphatic carboxylic acids is 1. The van der Waals surface area contributed by atoms with E-state index in [2.05, 4.69) is 13.8 Å². The van der Waals surface area contributed by atoms with Crippen LogP contribution in [0.1, 0.15) is 129 Å². The number of unbranched alkanes of at least 4 members (excludes halogenated alkanes) is 14. The molecule has 0 unspecified atom stereocenters. The Hall–Kier alpha value is -1.35. The summed E-state index contributed by atoms with van der Waals surface area (Å²) in [6, 6.07) is 9.98. The second kappa shape index (κ2) is 18.2. The average molecular weight is 432 g/mol. The number of carboxylic acids is 1. The van der Waals surface area contributed by atoms with Gasteiger partial charge in [0.05, 0.1) is 0 Å². The Labute approximate surface area is 192 Å². The lowest BCUT2D eigenvalue weighted by Gasteiger charge is -2.32. The molecule has 3 nitrogen and oxygen atoms in total. The first-order valence-electron chi connectivity index (χ1n) is 13.3. The molecule has 0 saturated carbocycles. The van der Waals surface area contributed by atoms with Crippen LogP contribution in [0.25, 0.3) is 0 Å². The fourth-order valence-corrected chi connectivity index (χ4v) is 4.55. The summed E-state index contributed by atoms with van der Waals surface area (Å²) >= 11 is 0. The molecule has 0 fully saturated rings. The number of hydrogen-bond donors (Lipinski definition) is 1. The van der Waals surface area contributed by atoms with Crippen LogP contribution in [0.4, 0.5) is 5.69 Å². The largest absolute Gasteiger partial charge is 0.544 e. The van der Waals surface area contributed by atoms with Crippen molar-refractivity contribution in [1.29, 1.82) is 0 Å². The van der Waals surface area contributed by atoms with Crippen molar-refractivity contribution in [2.45, 2.75) is 135 Å². The summed E-state index contributed by atoms with van der Waals surface area (Å²) < 4.78 is 0. The van der Waals surface area contributed by atoms with E-state index in [-0.39, 0.29) is 0 Å². The Balaban J connectivity index is 2.51. The number of carbonyl (C=O) groups excluding carboxylic acids is 1. The monoisotopic (exact) mass is 431 g/mol. The highest BCUT2D eigenvalue weighted by molar-refractivity contribution is 5.74. The Bertz CT molecular complexity index is 523. The zero-order valence-electron chi connectivity index (χ0n) is 20.5. The SMILES string of the molecule is CCCCCCCCCCC(CCCCCCCCCC)([NH2+]c1ccccc1)C(=O)[O-]. The molecule has 1 aromatic rings. The summed E-state index contributed by atoms with van der Waals surface area (Å²) in [7, 11) is 0. The van der Waals surface area contributed by atoms with Crippen molar-refractivity contribution in [3.8, 4) is 0 Å². The molecule has 0 amide bonds. The van der Waals surface area contributed by atoms with Crippen LogP contribution in [-0.2, 0) is 4.79 Å². The van der Waals surface area contributed by atoms with Gasteiger partial charge in [-0.1, -0.05) is 122 Å². The van der Waals surface area contributed by atoms with Crippen LogP contribution in [0, 0.1) is 0 Å². The van der Waals surface area contributed by atoms with Gasteiger partial charge in [0, 0.05) is 12.8 Å². The molecule has 0 aliphatic heterocycles. The second-order valence-corrected chi connectivity index (χ2v) is 9.45. The van der Waals surface area contributed by atoms with Gasteiger partial charge < -0.3 is 15.2 Å². The topological polar surface area (TPSA) is 56.7 Å². The Morgan fingerprint density at radius 3 is 1.45 bits per heavy atom. The van der Waals surface area contributed by atoms with Crippen LogP contribution in [0.15, 0.2) is 30.3 Å². The Morgan fingerprint density at radius 1 is 0.677 bits per heavy atom. The average Bonchev–Trinajstić information content (AvgIpc) is 2.77. The number of benzene rings is 1. The minimum atomic E-state index is -0.887. The predicted molar refractivity (Wildman–Crippen MR) is 130 cm³/mol. The van der Waals surface area contributed by atoms with Crippen molar-refractivity contribution in [2.24, 2.45) is 0 Å². The predicted octanol–water partition coefficient (Wildman–Crippen LogP) is 6.43. The number of quaternary nitrogens is 1. The van der Waals surface area contributed by atoms with Crippen LogP contribution in [0.3, 0.4) is 0 Å². The zero-order chi connectivity index (χ0) is 22.6. The molecule has 31 heavy (non-hydrogen) atoms. The third-order valence-corrected chi connectivity index (χ3v) is 6.60. The Kier molecular flexibility index (Phi) is 16.3. The summed E-state index contributed by atoms with van der Waals surface area (Å²) in [5, 5.41) is 14.4. The quantitative estimate of drug-likeness (QED) is 0.180. The van der Waals surface area contributed by atoms with Gasteiger partial charge >= 0.3 is 0 Å². The van der Waals surface area contributed by atoms with Gasteiger partial charge in [-0.05, 0) is 25.0 Å². The van der Waals surface area contributed by atoms with E-state index in [9.17, 15) is 9.90 Å². The molecule has 178 valence electrons. The van der Waals surface area contributed by atoms with Gasteiger partial charge in [-0.25, -0.2) is 0 Å². The molecule has 0 aliphatic rings. The highest BCUT2D eigenvalue weighted by Gasteiger charge is 2.35. The van der Waals surface area contributed by atoms with Crippen LogP contribution in [-0.4, -0.2) is 11.5 Å². The van der Waals surface area contributed by atoms with Gasteiger partial charge in [0.2, 0.25) is 0 Å². The van der Waals surface area contributed by atoms with E-state index in [1.54, 1.807) is 0 Å². The molecule has 0 aromatic heterocycles. The molecule has 0 aliphatic carbocycles. The first-order valence-corrected chi connectivity index (χ1v) is 13.3. The third-order valence-electron chi connectivity index (χ3n) is 6.60. The molecule has 0 atom stereocenters. The van der Waals surface area contributed by atoms with Gasteiger partial charge in [-0.2, -0.15) is 0 Å². The maximum atomic E-state index is 12.4. The number of hydrogen-bond acceptors (Lipinski definition) is 2. The number of nitrogens with two attached hydrogens (primary N) is 1. The molecular formula is C28H49NO2. The van der Waals surface area contributed by atoms with Crippen LogP contribution < -0.4 is 10.4 Å². The number of para-hydroxylation sites is 1. The highest BCUT2D eigenvalue weighted by Crippen LogP contribution is 2.22. The van der Waals surface area contributed by atoms with Crippen LogP contribution in [0.2, 0.25) is 0 Å². The number of rotatable bonds is 21. The first-order chi connectivity index (χ1) is 15.1. The molecule has 0 heterocycles. The van der Waals surface area contributed by atoms with Gasteiger partial charge in [-0.3, -0.25) is 0 Å². The molecule has 1 rings (SSSR count). The van der Waals surface area contributed by atoms with Crippen molar-refractivity contribution in [3.63, 3.8) is 0 Å². The van der Waals surface area contributed by atoms with Crippen LogP contribution >= 0.6 is 0 Å². The summed E-state index contributed by atoms with van der Waals surface area (Å²) in [6.45, 7) is 4.49. The standard InChI is InChI=1S/C28H49NO2/c1-3-5-7-9-11-13-15-20-24-28(27(30)31,29-26-22-18-17-19-23-26)25-21-16-14-12-10-8-6-4-2/h17-19,22-23,29H,3-16,20-21,24-25H2,1-2H3,(H,30,31). The van der Waals surface area contributed by atoms with E-state index in [0.717, 1.165) is 31.4 Å². The van der Waals surface area contributed by atoms with E-state index in [0.29, 0.717) is 12.8 Å². The molecular weight excluding hydrogens is 382 g/mol. The molecule has 0 saturated heterocycles. The fourth-order valence-electron chi connectivity index (χ4n) is 4.55. The highest BCUT2D eigenvalue weighted by atomic mass is 16.4. The first kappa shape index (κ1) is 27.7. The van der Waals surface area contributed by atoms with Crippen molar-refractivity contribution in [3.05, 3.63) is 30.3 Å². The number of carbonyl (C=O) groups is 1. The second-order valence-electron chi connectivity index (χ2n) is 9.45. The number of carboxylic acid groups (broad SMARTS) is 1. The lowest BCUT2D eigenvalue weighted by Crippen LogP contribution is -2.96. The minimum Gasteiger partial charge on any atom is -0.544 e. The van der Waals surface area contributed by atoms with Crippen molar-refractivity contribution in [2.75, 3.05) is 0 Å². The van der Waals surface area contributed by atoms with Crippen LogP contribution in [0.5, 0.6) is 0 Å². The maximum Gasteiger partial charge on any atom is 0.141 e. The van der Waals surface area contributed by atoms with E-state index >= 15 is 0 Å². The molecule has 0 bridgehead atoms. The zero-order valence-corrected chi connectivity index (χ0v) is 20.5. The molecule has 3 heteroatoms. The summed E-state index contributed by atoms with van der Waals surface area (Å²) in [5.41, 5.74) is 0.178. The van der Waals surface area contributed by atoms with Crippen molar-refractivity contribution < 1.29 is 15.2 Å². The Morgan fingerprint density at radius 2 is 1.06 bits per heavy atom. The van der Waals surface area contributed by atoms with Gasteiger partial charge in [-0.15, -0.1) is 0 Å². The molecule has 1 aromatic carbocycles. The maximum absolute atomic E-state index is 12.4. The molecule has 2 N–H and O–H groups in total. The lowest BCUT2D eigenvalue weighted by atomic mass is 9.85. The minimum absolute atomic E-state index is 0.704. The normalized spacial score (nSPS) is 11.7. The van der Waals surface area contributed by atoms with Gasteiger partial charge in [0.25, 0.3) is 0 Å². The van der Waals surface area contributed by atoms with E-state index in [4.69, 9.17) is 0 Å².